The van der Waals surface area contributed by atoms with Crippen LogP contribution in [0.4, 0.5) is 41.2 Å². The summed E-state index contributed by atoms with van der Waals surface area (Å²) in [4.78, 5) is 13.3. The Bertz CT molecular complexity index is 1000. The molecule has 0 aliphatic carbocycles. The van der Waals surface area contributed by atoms with Gasteiger partial charge in [0.1, 0.15) is 5.82 Å². The second-order valence-electron chi connectivity index (χ2n) is 7.43. The van der Waals surface area contributed by atoms with E-state index in [1.165, 1.54) is 23.1 Å². The number of amides is 1. The Hall–Kier alpha value is -2.28. The number of nitrogens with zero attached hydrogens (tertiary/aromatic N) is 1. The molecule has 1 aliphatic heterocycles. The van der Waals surface area contributed by atoms with Gasteiger partial charge in [-0.15, -0.1) is 12.4 Å². The molecule has 194 valence electrons. The minimum atomic E-state index is -4.91. The van der Waals surface area contributed by atoms with Crippen LogP contribution in [0.1, 0.15) is 17.2 Å². The van der Waals surface area contributed by atoms with Crippen LogP contribution >= 0.6 is 24.0 Å². The number of alkyl halides is 6. The Morgan fingerprint density at radius 3 is 2.37 bits per heavy atom. The smallest absolute Gasteiger partial charge is 0.426 e. The van der Waals surface area contributed by atoms with E-state index in [9.17, 15) is 35.5 Å². The quantitative estimate of drug-likeness (QED) is 0.433. The van der Waals surface area contributed by atoms with Crippen molar-refractivity contribution in [3.05, 3.63) is 64.4 Å². The van der Waals surface area contributed by atoms with Crippen molar-refractivity contribution in [1.82, 2.24) is 4.90 Å². The number of anilines is 1. The van der Waals surface area contributed by atoms with Gasteiger partial charge >= 0.3 is 18.4 Å². The van der Waals surface area contributed by atoms with E-state index in [-0.39, 0.29) is 42.8 Å². The molecular formula is C21H19Cl2F7N2O3. The van der Waals surface area contributed by atoms with Crippen molar-refractivity contribution in [1.29, 1.82) is 0 Å². The van der Waals surface area contributed by atoms with Crippen molar-refractivity contribution in [2.75, 3.05) is 31.6 Å². The third-order valence-electron chi connectivity index (χ3n) is 4.96. The van der Waals surface area contributed by atoms with Crippen molar-refractivity contribution in [2.45, 2.75) is 24.6 Å². The molecule has 1 amide bonds. The maximum atomic E-state index is 13.5. The van der Waals surface area contributed by atoms with E-state index in [1.54, 1.807) is 0 Å². The molecule has 1 N–H and O–H groups in total. The van der Waals surface area contributed by atoms with Crippen LogP contribution in [0.15, 0.2) is 42.5 Å². The zero-order chi connectivity index (χ0) is 25.1. The van der Waals surface area contributed by atoms with Crippen LogP contribution in [0, 0.1) is 5.82 Å². The fraction of sp³-hybridized carbons (Fsp3) is 0.381. The standard InChI is InChI=1S/C21H18ClF7N2O3.ClH/c22-15-6-5-14(9-16(15)23)30-19(32)34-18(21(27,28)29)11-31-7-8-33-17(10-31)12-1-3-13(4-2-12)20(24,25)26;/h1-6,9,17-18H,7-8,10-11H2,(H,30,32);1H/t17-,18+;/m1./s1. The largest absolute Gasteiger partial charge is 0.435 e. The molecule has 14 heteroatoms. The van der Waals surface area contributed by atoms with Crippen molar-refractivity contribution < 1.29 is 45.0 Å². The molecule has 0 unspecified atom stereocenters. The molecule has 5 nitrogen and oxygen atoms in total. The first-order valence-electron chi connectivity index (χ1n) is 9.83. The Labute approximate surface area is 206 Å². The average Bonchev–Trinajstić information content (AvgIpc) is 2.75. The molecule has 1 fully saturated rings. The van der Waals surface area contributed by atoms with Gasteiger partial charge in [-0.1, -0.05) is 23.7 Å². The molecule has 2 aromatic rings. The number of rotatable bonds is 5. The third-order valence-corrected chi connectivity index (χ3v) is 5.27. The molecule has 0 bridgehead atoms. The van der Waals surface area contributed by atoms with Crippen molar-refractivity contribution >= 4 is 35.8 Å². The second-order valence-corrected chi connectivity index (χ2v) is 7.84. The molecular weight excluding hydrogens is 532 g/mol. The number of benzene rings is 2. The summed E-state index contributed by atoms with van der Waals surface area (Å²) in [6.45, 7) is -0.693. The lowest BCUT2D eigenvalue weighted by atomic mass is 10.0. The Morgan fingerprint density at radius 1 is 1.14 bits per heavy atom. The number of carbonyl (C=O) groups is 1. The lowest BCUT2D eigenvalue weighted by Crippen LogP contribution is -2.48. The molecule has 3 rings (SSSR count). The van der Waals surface area contributed by atoms with Crippen LogP contribution < -0.4 is 5.32 Å². The summed E-state index contributed by atoms with van der Waals surface area (Å²) in [6.07, 6.45) is -14.2. The molecule has 2 atom stereocenters. The van der Waals surface area contributed by atoms with Gasteiger partial charge in [0.25, 0.3) is 0 Å². The number of ether oxygens (including phenoxy) is 2. The molecule has 2 aromatic carbocycles. The van der Waals surface area contributed by atoms with Gasteiger partial charge in [0.15, 0.2) is 0 Å². The zero-order valence-corrected chi connectivity index (χ0v) is 19.2. The van der Waals surface area contributed by atoms with Gasteiger partial charge < -0.3 is 9.47 Å². The van der Waals surface area contributed by atoms with Gasteiger partial charge in [-0.05, 0) is 35.9 Å². The first-order chi connectivity index (χ1) is 15.8. The van der Waals surface area contributed by atoms with E-state index in [0.29, 0.717) is 5.56 Å². The summed E-state index contributed by atoms with van der Waals surface area (Å²) in [5, 5.41) is 1.77. The summed E-state index contributed by atoms with van der Waals surface area (Å²) in [6, 6.07) is 7.25. The van der Waals surface area contributed by atoms with E-state index in [2.05, 4.69) is 4.74 Å². The van der Waals surface area contributed by atoms with Gasteiger partial charge in [0, 0.05) is 25.3 Å². The van der Waals surface area contributed by atoms with Crippen LogP contribution in [-0.2, 0) is 15.7 Å². The van der Waals surface area contributed by atoms with E-state index >= 15 is 0 Å². The fourth-order valence-corrected chi connectivity index (χ4v) is 3.37. The summed E-state index contributed by atoms with van der Waals surface area (Å²) in [7, 11) is 0. The minimum absolute atomic E-state index is 0. The second kappa shape index (κ2) is 11.6. The van der Waals surface area contributed by atoms with Gasteiger partial charge in [-0.3, -0.25) is 10.2 Å². The van der Waals surface area contributed by atoms with Crippen molar-refractivity contribution in [3.63, 3.8) is 0 Å². The third kappa shape index (κ3) is 8.13. The highest BCUT2D eigenvalue weighted by molar-refractivity contribution is 6.30. The summed E-state index contributed by atoms with van der Waals surface area (Å²) in [5.41, 5.74) is -0.646. The molecule has 1 aliphatic rings. The Morgan fingerprint density at radius 2 is 1.80 bits per heavy atom. The normalized spacial score (nSPS) is 17.9. The maximum Gasteiger partial charge on any atom is 0.426 e. The van der Waals surface area contributed by atoms with Crippen LogP contribution in [0.25, 0.3) is 0 Å². The number of nitrogens with one attached hydrogen (secondary N) is 1. The molecule has 1 saturated heterocycles. The number of hydrogen-bond acceptors (Lipinski definition) is 4. The number of carbonyl (C=O) groups excluding carboxylic acids is 1. The molecule has 1 heterocycles. The molecule has 0 aromatic heterocycles. The average molecular weight is 551 g/mol. The van der Waals surface area contributed by atoms with E-state index in [1.807, 2.05) is 5.32 Å². The van der Waals surface area contributed by atoms with Gasteiger partial charge in [-0.25, -0.2) is 9.18 Å². The van der Waals surface area contributed by atoms with Crippen LogP contribution in [0.2, 0.25) is 5.02 Å². The van der Waals surface area contributed by atoms with Crippen LogP contribution in [0.5, 0.6) is 0 Å². The Kier molecular flexibility index (Phi) is 9.63. The van der Waals surface area contributed by atoms with E-state index in [0.717, 1.165) is 24.3 Å². The lowest BCUT2D eigenvalue weighted by molar-refractivity contribution is -0.209. The number of morpholine rings is 1. The number of halogens is 9. The number of hydrogen-bond donors (Lipinski definition) is 1. The van der Waals surface area contributed by atoms with Gasteiger partial charge in [-0.2, -0.15) is 26.3 Å². The van der Waals surface area contributed by atoms with E-state index in [4.69, 9.17) is 16.3 Å². The van der Waals surface area contributed by atoms with Gasteiger partial charge in [0.05, 0.1) is 23.3 Å². The summed E-state index contributed by atoms with van der Waals surface area (Å²) < 4.78 is 102. The lowest BCUT2D eigenvalue weighted by Gasteiger charge is -2.35. The highest BCUT2D eigenvalue weighted by Gasteiger charge is 2.44. The minimum Gasteiger partial charge on any atom is -0.435 e. The zero-order valence-electron chi connectivity index (χ0n) is 17.6. The predicted molar refractivity (Wildman–Crippen MR) is 115 cm³/mol. The molecule has 0 radical (unpaired) electrons. The molecule has 0 saturated carbocycles. The summed E-state index contributed by atoms with van der Waals surface area (Å²) in [5.74, 6) is -0.880. The SMILES string of the molecule is Cl.O=C(Nc1ccc(Cl)c(F)c1)O[C@@H](CN1CCO[C@@H](c2ccc(C(F)(F)F)cc2)C1)C(F)(F)F. The van der Waals surface area contributed by atoms with Gasteiger partial charge in [0.2, 0.25) is 6.10 Å². The first kappa shape index (κ1) is 29.0. The maximum absolute atomic E-state index is 13.5. The molecule has 0 spiro atoms. The van der Waals surface area contributed by atoms with Crippen molar-refractivity contribution in [2.24, 2.45) is 0 Å². The predicted octanol–water partition coefficient (Wildman–Crippen LogP) is 6.47. The topological polar surface area (TPSA) is 50.8 Å². The molecule has 35 heavy (non-hydrogen) atoms. The summed E-state index contributed by atoms with van der Waals surface area (Å²) >= 11 is 5.52. The Balaban J connectivity index is 0.00000432. The fourth-order valence-electron chi connectivity index (χ4n) is 3.25. The highest BCUT2D eigenvalue weighted by Crippen LogP contribution is 2.32. The van der Waals surface area contributed by atoms with Crippen LogP contribution in [-0.4, -0.2) is 49.5 Å². The van der Waals surface area contributed by atoms with Crippen molar-refractivity contribution in [3.8, 4) is 0 Å². The van der Waals surface area contributed by atoms with Crippen LogP contribution in [0.3, 0.4) is 0 Å². The first-order valence-corrected chi connectivity index (χ1v) is 10.2. The van der Waals surface area contributed by atoms with E-state index < -0.39 is 48.6 Å². The highest BCUT2D eigenvalue weighted by atomic mass is 35.5. The monoisotopic (exact) mass is 550 g/mol.